The Bertz CT molecular complexity index is 263. The predicted octanol–water partition coefficient (Wildman–Crippen LogP) is 2.99. The SMILES string of the molecule is Cc1cc(Br)cc(C)c1CCN.Cl. The van der Waals surface area contributed by atoms with Crippen molar-refractivity contribution in [3.63, 3.8) is 0 Å². The van der Waals surface area contributed by atoms with Crippen LogP contribution in [-0.4, -0.2) is 6.54 Å². The third kappa shape index (κ3) is 3.29. The Morgan fingerprint density at radius 2 is 1.69 bits per heavy atom. The van der Waals surface area contributed by atoms with Crippen LogP contribution in [0, 0.1) is 13.8 Å². The first-order valence-electron chi connectivity index (χ1n) is 4.11. The molecule has 1 rings (SSSR count). The van der Waals surface area contributed by atoms with E-state index in [2.05, 4.69) is 41.9 Å². The summed E-state index contributed by atoms with van der Waals surface area (Å²) in [6.45, 7) is 4.98. The Hall–Kier alpha value is -0.0500. The molecular formula is C10H15BrClN. The molecule has 0 atom stereocenters. The van der Waals surface area contributed by atoms with Crippen LogP contribution in [0.5, 0.6) is 0 Å². The van der Waals surface area contributed by atoms with Crippen LogP contribution in [0.1, 0.15) is 16.7 Å². The molecule has 3 heteroatoms. The summed E-state index contributed by atoms with van der Waals surface area (Å²) in [6, 6.07) is 4.27. The summed E-state index contributed by atoms with van der Waals surface area (Å²) < 4.78 is 1.15. The first kappa shape index (κ1) is 12.9. The van der Waals surface area contributed by atoms with Crippen LogP contribution in [0.15, 0.2) is 16.6 Å². The number of halogens is 2. The molecule has 0 saturated carbocycles. The predicted molar refractivity (Wildman–Crippen MR) is 63.6 cm³/mol. The Labute approximate surface area is 94.3 Å². The minimum Gasteiger partial charge on any atom is -0.330 e. The van der Waals surface area contributed by atoms with E-state index in [1.54, 1.807) is 0 Å². The van der Waals surface area contributed by atoms with Gasteiger partial charge in [0.05, 0.1) is 0 Å². The molecule has 0 saturated heterocycles. The number of aryl methyl sites for hydroxylation is 2. The monoisotopic (exact) mass is 263 g/mol. The minimum absolute atomic E-state index is 0. The first-order valence-corrected chi connectivity index (χ1v) is 4.90. The van der Waals surface area contributed by atoms with Crippen molar-refractivity contribution in [3.8, 4) is 0 Å². The zero-order valence-corrected chi connectivity index (χ0v) is 10.3. The molecule has 0 aromatic heterocycles. The lowest BCUT2D eigenvalue weighted by Crippen LogP contribution is -2.05. The molecule has 2 N–H and O–H groups in total. The second kappa shape index (κ2) is 5.63. The highest BCUT2D eigenvalue weighted by Gasteiger charge is 2.02. The van der Waals surface area contributed by atoms with Gasteiger partial charge in [-0.05, 0) is 55.6 Å². The van der Waals surface area contributed by atoms with Gasteiger partial charge in [-0.3, -0.25) is 0 Å². The summed E-state index contributed by atoms with van der Waals surface area (Å²) in [5, 5.41) is 0. The average Bonchev–Trinajstić information content (AvgIpc) is 1.96. The van der Waals surface area contributed by atoms with Gasteiger partial charge in [-0.25, -0.2) is 0 Å². The van der Waals surface area contributed by atoms with Gasteiger partial charge in [0.15, 0.2) is 0 Å². The smallest absolute Gasteiger partial charge is 0.0180 e. The summed E-state index contributed by atoms with van der Waals surface area (Å²) >= 11 is 3.47. The van der Waals surface area contributed by atoms with E-state index in [-0.39, 0.29) is 12.4 Å². The molecule has 0 spiro atoms. The van der Waals surface area contributed by atoms with Crippen LogP contribution in [0.4, 0.5) is 0 Å². The maximum Gasteiger partial charge on any atom is 0.0180 e. The van der Waals surface area contributed by atoms with Gasteiger partial charge < -0.3 is 5.73 Å². The van der Waals surface area contributed by atoms with E-state index >= 15 is 0 Å². The fourth-order valence-corrected chi connectivity index (χ4v) is 2.17. The number of rotatable bonds is 2. The molecule has 0 aliphatic rings. The normalized spacial score (nSPS) is 9.54. The molecule has 0 amide bonds. The lowest BCUT2D eigenvalue weighted by Gasteiger charge is -2.08. The number of hydrogen-bond acceptors (Lipinski definition) is 1. The molecular weight excluding hydrogens is 249 g/mol. The lowest BCUT2D eigenvalue weighted by atomic mass is 10.0. The van der Waals surface area contributed by atoms with E-state index in [1.807, 2.05) is 0 Å². The van der Waals surface area contributed by atoms with Crippen molar-refractivity contribution >= 4 is 28.3 Å². The van der Waals surface area contributed by atoms with Crippen LogP contribution < -0.4 is 5.73 Å². The van der Waals surface area contributed by atoms with E-state index in [0.29, 0.717) is 0 Å². The number of nitrogens with two attached hydrogens (primary N) is 1. The second-order valence-corrected chi connectivity index (χ2v) is 3.97. The van der Waals surface area contributed by atoms with Crippen molar-refractivity contribution in [2.45, 2.75) is 20.3 Å². The van der Waals surface area contributed by atoms with Gasteiger partial charge in [0.25, 0.3) is 0 Å². The van der Waals surface area contributed by atoms with Crippen molar-refractivity contribution in [2.75, 3.05) is 6.54 Å². The summed E-state index contributed by atoms with van der Waals surface area (Å²) in [5.41, 5.74) is 9.57. The van der Waals surface area contributed by atoms with Gasteiger partial charge in [-0.2, -0.15) is 0 Å². The van der Waals surface area contributed by atoms with Crippen LogP contribution in [0.3, 0.4) is 0 Å². The van der Waals surface area contributed by atoms with Crippen molar-refractivity contribution in [2.24, 2.45) is 5.73 Å². The molecule has 0 fully saturated rings. The highest BCUT2D eigenvalue weighted by atomic mass is 79.9. The Balaban J connectivity index is 0.00000144. The summed E-state index contributed by atoms with van der Waals surface area (Å²) in [7, 11) is 0. The molecule has 1 nitrogen and oxygen atoms in total. The molecule has 0 aliphatic carbocycles. The molecule has 13 heavy (non-hydrogen) atoms. The van der Waals surface area contributed by atoms with Gasteiger partial charge in [-0.1, -0.05) is 15.9 Å². The molecule has 0 aliphatic heterocycles. The van der Waals surface area contributed by atoms with Crippen LogP contribution >= 0.6 is 28.3 Å². The van der Waals surface area contributed by atoms with Gasteiger partial charge in [0.2, 0.25) is 0 Å². The van der Waals surface area contributed by atoms with E-state index in [0.717, 1.165) is 17.4 Å². The third-order valence-electron chi connectivity index (χ3n) is 2.06. The van der Waals surface area contributed by atoms with E-state index in [4.69, 9.17) is 5.73 Å². The standard InChI is InChI=1S/C10H14BrN.ClH/c1-7-5-9(11)6-8(2)10(7)3-4-12;/h5-6H,3-4,12H2,1-2H3;1H. The van der Waals surface area contributed by atoms with E-state index < -0.39 is 0 Å². The van der Waals surface area contributed by atoms with Crippen LogP contribution in [-0.2, 0) is 6.42 Å². The van der Waals surface area contributed by atoms with Crippen molar-refractivity contribution in [1.82, 2.24) is 0 Å². The topological polar surface area (TPSA) is 26.0 Å². The molecule has 0 heterocycles. The van der Waals surface area contributed by atoms with Crippen molar-refractivity contribution < 1.29 is 0 Å². The number of hydrogen-bond donors (Lipinski definition) is 1. The zero-order chi connectivity index (χ0) is 9.14. The van der Waals surface area contributed by atoms with Gasteiger partial charge >= 0.3 is 0 Å². The van der Waals surface area contributed by atoms with Crippen LogP contribution in [0.2, 0.25) is 0 Å². The lowest BCUT2D eigenvalue weighted by molar-refractivity contribution is 0.945. The summed E-state index contributed by atoms with van der Waals surface area (Å²) in [5.74, 6) is 0. The molecule has 0 bridgehead atoms. The maximum absolute atomic E-state index is 5.52. The Morgan fingerprint density at radius 1 is 1.23 bits per heavy atom. The Morgan fingerprint density at radius 3 is 2.08 bits per heavy atom. The molecule has 1 aromatic rings. The highest BCUT2D eigenvalue weighted by molar-refractivity contribution is 9.10. The van der Waals surface area contributed by atoms with Gasteiger partial charge in [0, 0.05) is 4.47 Å². The fraction of sp³-hybridized carbons (Fsp3) is 0.400. The first-order chi connectivity index (χ1) is 5.65. The molecule has 0 unspecified atom stereocenters. The van der Waals surface area contributed by atoms with Crippen molar-refractivity contribution in [1.29, 1.82) is 0 Å². The maximum atomic E-state index is 5.52. The Kier molecular flexibility index (Phi) is 5.61. The van der Waals surface area contributed by atoms with E-state index in [9.17, 15) is 0 Å². The zero-order valence-electron chi connectivity index (χ0n) is 7.93. The molecule has 1 aromatic carbocycles. The number of benzene rings is 1. The molecule has 74 valence electrons. The molecule has 0 radical (unpaired) electrons. The summed E-state index contributed by atoms with van der Waals surface area (Å²) in [4.78, 5) is 0. The average molecular weight is 265 g/mol. The largest absolute Gasteiger partial charge is 0.330 e. The van der Waals surface area contributed by atoms with Gasteiger partial charge in [0.1, 0.15) is 0 Å². The summed E-state index contributed by atoms with van der Waals surface area (Å²) in [6.07, 6.45) is 0.977. The van der Waals surface area contributed by atoms with E-state index in [1.165, 1.54) is 16.7 Å². The second-order valence-electron chi connectivity index (χ2n) is 3.06. The minimum atomic E-state index is 0. The van der Waals surface area contributed by atoms with Crippen LogP contribution in [0.25, 0.3) is 0 Å². The fourth-order valence-electron chi connectivity index (χ4n) is 1.48. The van der Waals surface area contributed by atoms with Gasteiger partial charge in [-0.15, -0.1) is 12.4 Å². The highest BCUT2D eigenvalue weighted by Crippen LogP contribution is 2.20. The quantitative estimate of drug-likeness (QED) is 0.873. The third-order valence-corrected chi connectivity index (χ3v) is 2.51. The van der Waals surface area contributed by atoms with Crippen molar-refractivity contribution in [3.05, 3.63) is 33.3 Å².